The summed E-state index contributed by atoms with van der Waals surface area (Å²) in [7, 11) is 0. The zero-order valence-corrected chi connectivity index (χ0v) is 35.1. The molecule has 2 aromatic heterocycles. The molecule has 2 N–H and O–H groups in total. The Morgan fingerprint density at radius 2 is 1.45 bits per heavy atom. The number of carboxylic acids is 1. The van der Waals surface area contributed by atoms with Gasteiger partial charge in [-0.2, -0.15) is 13.2 Å². The van der Waals surface area contributed by atoms with Crippen LogP contribution in [0.5, 0.6) is 0 Å². The van der Waals surface area contributed by atoms with Crippen molar-refractivity contribution in [2.24, 2.45) is 5.92 Å². The number of carboxylic acid groups (broad SMARTS) is 1. The Hall–Kier alpha value is -2.55. The number of rotatable bonds is 10. The van der Waals surface area contributed by atoms with Crippen molar-refractivity contribution in [2.75, 3.05) is 57.3 Å². The number of nitrogens with one attached hydrogen (secondary N) is 1. The number of aliphatic carboxylic acids is 1. The highest BCUT2D eigenvalue weighted by Crippen LogP contribution is 2.33. The van der Waals surface area contributed by atoms with E-state index in [1.807, 2.05) is 71.4 Å². The number of carbonyl (C=O) groups excluding carboxylic acids is 2. The number of hydrogen-bond acceptors (Lipinski definition) is 13. The third kappa shape index (κ3) is 15.7. The standard InChI is InChI=1S/C25H34ClN5O2S2.C8H13N3S2.C2HF3O2/c1-18-27-28-25(34-18)35-23-9-13-29(14-10-23)11-4-12-31(22-6-3-5-21(26)17-22)24(33)20-7-15-30(16-8-20)19(2)32;1-6-10-11-8(12-6)13-7-2-4-9-5-3-7;3-2(4,5)1(6)7/h3,5-6,17,20,23H,4,7-16H2,1-2H3;7,9H,2-5H2,1H3;(H,6,7). The average Bonchev–Trinajstić information content (AvgIpc) is 3.77. The van der Waals surface area contributed by atoms with Crippen LogP contribution in [0.1, 0.15) is 61.9 Å². The van der Waals surface area contributed by atoms with Crippen LogP contribution >= 0.6 is 57.8 Å². The lowest BCUT2D eigenvalue weighted by atomic mass is 9.94. The molecule has 0 unspecified atom stereocenters. The molecule has 0 atom stereocenters. The Labute approximate surface area is 341 Å². The molecule has 0 saturated carbocycles. The van der Waals surface area contributed by atoms with Crippen LogP contribution in [0.3, 0.4) is 0 Å². The van der Waals surface area contributed by atoms with Gasteiger partial charge in [-0.05, 0) is 110 Å². The SMILES string of the molecule is CC(=O)N1CCC(C(=O)N(CCCN2CCC(Sc3nnc(C)s3)CC2)c2cccc(Cl)c2)CC1.Cc1nnc(SC2CCNCC2)s1.O=C(O)C(F)(F)F. The van der Waals surface area contributed by atoms with Gasteiger partial charge < -0.3 is 25.1 Å². The number of hydrogen-bond donors (Lipinski definition) is 2. The largest absolute Gasteiger partial charge is 0.490 e. The van der Waals surface area contributed by atoms with Crippen LogP contribution in [-0.4, -0.2) is 122 Å². The van der Waals surface area contributed by atoms with E-state index in [2.05, 4.69) is 30.6 Å². The van der Waals surface area contributed by atoms with Gasteiger partial charge in [-0.25, -0.2) is 4.79 Å². The number of piperidine rings is 3. The molecule has 2 amide bonds. The highest BCUT2D eigenvalue weighted by atomic mass is 35.5. The van der Waals surface area contributed by atoms with Crippen LogP contribution in [0.4, 0.5) is 18.9 Å². The predicted molar refractivity (Wildman–Crippen MR) is 213 cm³/mol. The van der Waals surface area contributed by atoms with E-state index in [1.54, 1.807) is 29.6 Å². The molecule has 3 aliphatic heterocycles. The summed E-state index contributed by atoms with van der Waals surface area (Å²) in [4.78, 5) is 40.4. The highest BCUT2D eigenvalue weighted by Gasteiger charge is 2.38. The van der Waals surface area contributed by atoms with Crippen LogP contribution in [0.2, 0.25) is 5.02 Å². The van der Waals surface area contributed by atoms with Gasteiger partial charge in [0.15, 0.2) is 8.68 Å². The number of aromatic nitrogens is 4. The first-order valence-electron chi connectivity index (χ1n) is 18.2. The van der Waals surface area contributed by atoms with Gasteiger partial charge >= 0.3 is 12.1 Å². The number of amides is 2. The molecule has 1 aromatic carbocycles. The quantitative estimate of drug-likeness (QED) is 0.215. The maximum atomic E-state index is 13.5. The third-order valence-corrected chi connectivity index (χ3v) is 13.9. The summed E-state index contributed by atoms with van der Waals surface area (Å²) in [6.45, 7) is 13.0. The molecule has 5 heterocycles. The number of carbonyl (C=O) groups is 3. The van der Waals surface area contributed by atoms with Gasteiger partial charge in [-0.1, -0.05) is 63.9 Å². The zero-order chi connectivity index (χ0) is 40.0. The van der Waals surface area contributed by atoms with Crippen molar-refractivity contribution in [3.63, 3.8) is 0 Å². The van der Waals surface area contributed by atoms with Gasteiger partial charge in [0.25, 0.3) is 0 Å². The number of aryl methyl sites for hydroxylation is 2. The molecule has 3 aliphatic rings. The fourth-order valence-electron chi connectivity index (χ4n) is 6.23. The lowest BCUT2D eigenvalue weighted by molar-refractivity contribution is -0.192. The minimum absolute atomic E-state index is 0.0543. The van der Waals surface area contributed by atoms with Gasteiger partial charge in [0.2, 0.25) is 11.8 Å². The van der Waals surface area contributed by atoms with Crippen molar-refractivity contribution in [1.29, 1.82) is 0 Å². The molecule has 304 valence electrons. The first-order chi connectivity index (χ1) is 26.2. The molecule has 20 heteroatoms. The first-order valence-corrected chi connectivity index (χ1v) is 21.9. The Bertz CT molecular complexity index is 1660. The molecule has 55 heavy (non-hydrogen) atoms. The predicted octanol–water partition coefficient (Wildman–Crippen LogP) is 7.06. The van der Waals surface area contributed by atoms with Gasteiger partial charge in [0.1, 0.15) is 10.0 Å². The normalized spacial score (nSPS) is 17.5. The number of anilines is 1. The molecular weight excluding hydrogens is 817 g/mol. The zero-order valence-electron chi connectivity index (χ0n) is 31.1. The molecule has 12 nitrogen and oxygen atoms in total. The van der Waals surface area contributed by atoms with Gasteiger partial charge in [0, 0.05) is 53.7 Å². The van der Waals surface area contributed by atoms with Crippen LogP contribution in [0.25, 0.3) is 0 Å². The maximum absolute atomic E-state index is 13.5. The fraction of sp³-hybridized carbons (Fsp3) is 0.629. The molecular formula is C35H48ClF3N8O4S4. The molecule has 0 spiro atoms. The number of thioether (sulfide) groups is 2. The van der Waals surface area contributed by atoms with E-state index in [-0.39, 0.29) is 17.7 Å². The van der Waals surface area contributed by atoms with E-state index in [9.17, 15) is 22.8 Å². The van der Waals surface area contributed by atoms with Gasteiger partial charge in [0.05, 0.1) is 0 Å². The van der Waals surface area contributed by atoms with Crippen LogP contribution in [0, 0.1) is 19.8 Å². The second-order valence-electron chi connectivity index (χ2n) is 13.3. The van der Waals surface area contributed by atoms with Crippen LogP contribution in [-0.2, 0) is 14.4 Å². The minimum Gasteiger partial charge on any atom is -0.475 e. The summed E-state index contributed by atoms with van der Waals surface area (Å²) in [5.41, 5.74) is 0.860. The van der Waals surface area contributed by atoms with Crippen LogP contribution < -0.4 is 10.2 Å². The van der Waals surface area contributed by atoms with Crippen molar-refractivity contribution in [3.8, 4) is 0 Å². The van der Waals surface area contributed by atoms with E-state index in [1.165, 1.54) is 12.8 Å². The van der Waals surface area contributed by atoms with E-state index >= 15 is 0 Å². The summed E-state index contributed by atoms with van der Waals surface area (Å²) in [6, 6.07) is 7.58. The summed E-state index contributed by atoms with van der Waals surface area (Å²) in [5.74, 6) is -2.57. The number of halogens is 4. The minimum atomic E-state index is -5.08. The fourth-order valence-corrected chi connectivity index (χ4v) is 10.8. The van der Waals surface area contributed by atoms with E-state index < -0.39 is 12.1 Å². The third-order valence-electron chi connectivity index (χ3n) is 9.14. The maximum Gasteiger partial charge on any atom is 0.490 e. The van der Waals surface area contributed by atoms with Crippen molar-refractivity contribution >= 4 is 81.3 Å². The number of benzene rings is 1. The summed E-state index contributed by atoms with van der Waals surface area (Å²) in [6.07, 6.45) is 2.07. The molecule has 3 fully saturated rings. The molecule has 6 rings (SSSR count). The van der Waals surface area contributed by atoms with Crippen molar-refractivity contribution in [1.82, 2.24) is 35.5 Å². The molecule has 3 saturated heterocycles. The van der Waals surface area contributed by atoms with Gasteiger partial charge in [-0.3, -0.25) is 9.59 Å². The van der Waals surface area contributed by atoms with E-state index in [0.29, 0.717) is 29.9 Å². The van der Waals surface area contributed by atoms with Gasteiger partial charge in [-0.15, -0.1) is 20.4 Å². The molecule has 0 aliphatic carbocycles. The molecule has 0 radical (unpaired) electrons. The van der Waals surface area contributed by atoms with Crippen LogP contribution in [0.15, 0.2) is 32.9 Å². The second-order valence-corrected chi connectivity index (χ2v) is 19.2. The van der Waals surface area contributed by atoms with E-state index in [4.69, 9.17) is 21.5 Å². The highest BCUT2D eigenvalue weighted by molar-refractivity contribution is 8.01. The summed E-state index contributed by atoms with van der Waals surface area (Å²) >= 11 is 13.4. The van der Waals surface area contributed by atoms with Crippen molar-refractivity contribution in [2.45, 2.75) is 91.1 Å². The lowest BCUT2D eigenvalue weighted by Crippen LogP contribution is -2.45. The van der Waals surface area contributed by atoms with Crippen molar-refractivity contribution < 1.29 is 32.7 Å². The Morgan fingerprint density at radius 3 is 1.93 bits per heavy atom. The average molecular weight is 866 g/mol. The summed E-state index contributed by atoms with van der Waals surface area (Å²) in [5, 5.41) is 31.1. The monoisotopic (exact) mass is 864 g/mol. The molecule has 3 aromatic rings. The van der Waals surface area contributed by atoms with E-state index in [0.717, 1.165) is 94.5 Å². The Kier molecular flexibility index (Phi) is 18.4. The lowest BCUT2D eigenvalue weighted by Gasteiger charge is -2.35. The van der Waals surface area contributed by atoms with Crippen molar-refractivity contribution in [3.05, 3.63) is 39.3 Å². The Morgan fingerprint density at radius 1 is 0.909 bits per heavy atom. The Balaban J connectivity index is 0.000000274. The first kappa shape index (κ1) is 45.2. The number of alkyl halides is 3. The smallest absolute Gasteiger partial charge is 0.475 e. The second kappa shape index (κ2) is 22.4. The summed E-state index contributed by atoms with van der Waals surface area (Å²) < 4.78 is 33.9. The topological polar surface area (TPSA) is 145 Å². The molecule has 0 bridgehead atoms. The number of nitrogens with zero attached hydrogens (tertiary/aromatic N) is 7. The number of likely N-dealkylation sites (tertiary alicyclic amines) is 2.